The van der Waals surface area contributed by atoms with Crippen LogP contribution in [0.2, 0.25) is 0 Å². The van der Waals surface area contributed by atoms with E-state index in [0.717, 1.165) is 5.56 Å². The highest BCUT2D eigenvalue weighted by Crippen LogP contribution is 2.23. The first-order valence-corrected chi connectivity index (χ1v) is 10.9. The molecule has 2 heterocycles. The van der Waals surface area contributed by atoms with Crippen LogP contribution in [0.5, 0.6) is 0 Å². The smallest absolute Gasteiger partial charge is 0.265 e. The third kappa shape index (κ3) is 5.59. The Morgan fingerprint density at radius 1 is 1.19 bits per heavy atom. The third-order valence-electron chi connectivity index (χ3n) is 5.04. The second-order valence-electron chi connectivity index (χ2n) is 8.36. The van der Waals surface area contributed by atoms with Crippen LogP contribution in [0.1, 0.15) is 50.9 Å². The minimum atomic E-state index is -0.247. The van der Waals surface area contributed by atoms with E-state index in [-0.39, 0.29) is 17.2 Å². The number of carbonyl (C=O) groups excluding carboxylic acids is 2. The molecule has 0 saturated carbocycles. The molecule has 0 spiro atoms. The van der Waals surface area contributed by atoms with E-state index in [2.05, 4.69) is 10.5 Å². The Balaban J connectivity index is 1.77. The molecule has 0 aliphatic rings. The average Bonchev–Trinajstić information content (AvgIpc) is 3.38. The number of nitrogens with zero attached hydrogens (tertiary/aromatic N) is 2. The molecular weight excluding hydrogens is 412 g/mol. The molecule has 0 bridgehead atoms. The zero-order valence-electron chi connectivity index (χ0n) is 18.3. The molecule has 3 aromatic rings. The van der Waals surface area contributed by atoms with Crippen LogP contribution in [0, 0.1) is 19.3 Å². The number of nitrogens with one attached hydrogen (secondary N) is 1. The Bertz CT molecular complexity index is 1020. The van der Waals surface area contributed by atoms with E-state index in [1.165, 1.54) is 11.3 Å². The largest absolute Gasteiger partial charge is 0.361 e. The topological polar surface area (TPSA) is 101 Å². The first kappa shape index (κ1) is 22.7. The standard InChI is InChI=1S/C23H28N4O3S/c1-15-20(16(2)30-26-15)22(29)27(14-23(3,4)13-24)12-17-7-9-18(10-8-17)25-21(28)19-6-5-11-31-19/h5-11H,12-14,24H2,1-4H3,(H,25,28). The van der Waals surface area contributed by atoms with Crippen molar-refractivity contribution >= 4 is 28.8 Å². The summed E-state index contributed by atoms with van der Waals surface area (Å²) in [5.74, 6) is 0.236. The number of hydrogen-bond acceptors (Lipinski definition) is 6. The highest BCUT2D eigenvalue weighted by molar-refractivity contribution is 7.12. The van der Waals surface area contributed by atoms with Gasteiger partial charge in [-0.25, -0.2) is 0 Å². The Morgan fingerprint density at radius 3 is 2.45 bits per heavy atom. The van der Waals surface area contributed by atoms with Gasteiger partial charge in [0.05, 0.1) is 10.6 Å². The van der Waals surface area contributed by atoms with Crippen LogP contribution < -0.4 is 11.1 Å². The van der Waals surface area contributed by atoms with Crippen molar-refractivity contribution in [2.75, 3.05) is 18.4 Å². The van der Waals surface area contributed by atoms with Crippen molar-refractivity contribution in [3.05, 3.63) is 69.2 Å². The van der Waals surface area contributed by atoms with E-state index < -0.39 is 0 Å². The van der Waals surface area contributed by atoms with Gasteiger partial charge in [-0.05, 0) is 54.9 Å². The number of carbonyl (C=O) groups is 2. The Kier molecular flexibility index (Phi) is 6.92. The molecule has 0 radical (unpaired) electrons. The highest BCUT2D eigenvalue weighted by atomic mass is 32.1. The van der Waals surface area contributed by atoms with Gasteiger partial charge in [0.25, 0.3) is 11.8 Å². The molecule has 2 aromatic heterocycles. The lowest BCUT2D eigenvalue weighted by molar-refractivity contribution is 0.0671. The molecule has 3 N–H and O–H groups in total. The molecular formula is C23H28N4O3S. The third-order valence-corrected chi connectivity index (χ3v) is 5.90. The van der Waals surface area contributed by atoms with Crippen LogP contribution in [0.15, 0.2) is 46.3 Å². The van der Waals surface area contributed by atoms with Crippen LogP contribution in [-0.2, 0) is 6.54 Å². The number of amides is 2. The molecule has 0 unspecified atom stereocenters. The second-order valence-corrected chi connectivity index (χ2v) is 9.30. The maximum atomic E-state index is 13.3. The molecule has 0 saturated heterocycles. The summed E-state index contributed by atoms with van der Waals surface area (Å²) in [6.45, 7) is 8.92. The van der Waals surface area contributed by atoms with Gasteiger partial charge in [0.15, 0.2) is 0 Å². The van der Waals surface area contributed by atoms with E-state index >= 15 is 0 Å². The van der Waals surface area contributed by atoms with Crippen LogP contribution in [0.25, 0.3) is 0 Å². The zero-order chi connectivity index (χ0) is 22.6. The molecule has 1 aromatic carbocycles. The summed E-state index contributed by atoms with van der Waals surface area (Å²) < 4.78 is 5.20. The van der Waals surface area contributed by atoms with Gasteiger partial charge in [0.1, 0.15) is 11.3 Å². The SMILES string of the molecule is Cc1noc(C)c1C(=O)N(Cc1ccc(NC(=O)c2cccs2)cc1)CC(C)(C)CN. The molecule has 7 nitrogen and oxygen atoms in total. The zero-order valence-corrected chi connectivity index (χ0v) is 19.1. The number of hydrogen-bond donors (Lipinski definition) is 2. The normalized spacial score (nSPS) is 11.4. The summed E-state index contributed by atoms with van der Waals surface area (Å²) in [5, 5.41) is 8.67. The Hall–Kier alpha value is -2.97. The van der Waals surface area contributed by atoms with Crippen molar-refractivity contribution in [2.45, 2.75) is 34.2 Å². The van der Waals surface area contributed by atoms with Crippen molar-refractivity contribution in [3.63, 3.8) is 0 Å². The summed E-state index contributed by atoms with van der Waals surface area (Å²) in [5.41, 5.74) is 8.39. The highest BCUT2D eigenvalue weighted by Gasteiger charge is 2.28. The fraction of sp³-hybridized carbons (Fsp3) is 0.348. The van der Waals surface area contributed by atoms with E-state index in [4.69, 9.17) is 10.3 Å². The fourth-order valence-electron chi connectivity index (χ4n) is 3.24. The fourth-order valence-corrected chi connectivity index (χ4v) is 3.86. The predicted octanol–water partition coefficient (Wildman–Crippen LogP) is 4.23. The van der Waals surface area contributed by atoms with Gasteiger partial charge in [-0.2, -0.15) is 0 Å². The maximum Gasteiger partial charge on any atom is 0.265 e. The van der Waals surface area contributed by atoms with Crippen molar-refractivity contribution in [3.8, 4) is 0 Å². The molecule has 0 fully saturated rings. The van der Waals surface area contributed by atoms with Gasteiger partial charge in [-0.1, -0.05) is 37.2 Å². The average molecular weight is 441 g/mol. The van der Waals surface area contributed by atoms with Crippen LogP contribution >= 0.6 is 11.3 Å². The van der Waals surface area contributed by atoms with Gasteiger partial charge < -0.3 is 20.5 Å². The number of anilines is 1. The quantitative estimate of drug-likeness (QED) is 0.546. The lowest BCUT2D eigenvalue weighted by atomic mass is 9.92. The number of aromatic nitrogens is 1. The lowest BCUT2D eigenvalue weighted by Crippen LogP contribution is -2.42. The number of rotatable bonds is 8. The lowest BCUT2D eigenvalue weighted by Gasteiger charge is -2.32. The summed E-state index contributed by atoms with van der Waals surface area (Å²) >= 11 is 1.39. The van der Waals surface area contributed by atoms with Crippen molar-refractivity contribution in [2.24, 2.45) is 11.1 Å². The van der Waals surface area contributed by atoms with E-state index in [1.54, 1.807) is 24.8 Å². The van der Waals surface area contributed by atoms with Gasteiger partial charge in [0, 0.05) is 18.8 Å². The molecule has 31 heavy (non-hydrogen) atoms. The van der Waals surface area contributed by atoms with Gasteiger partial charge in [0.2, 0.25) is 0 Å². The summed E-state index contributed by atoms with van der Waals surface area (Å²) in [6.07, 6.45) is 0. The van der Waals surface area contributed by atoms with Crippen molar-refractivity contribution in [1.82, 2.24) is 10.1 Å². The van der Waals surface area contributed by atoms with Gasteiger partial charge in [-0.15, -0.1) is 11.3 Å². The molecule has 0 aliphatic heterocycles. The van der Waals surface area contributed by atoms with Crippen LogP contribution in [0.4, 0.5) is 5.69 Å². The molecule has 164 valence electrons. The monoisotopic (exact) mass is 440 g/mol. The molecule has 8 heteroatoms. The van der Waals surface area contributed by atoms with Crippen LogP contribution in [-0.4, -0.2) is 35.0 Å². The van der Waals surface area contributed by atoms with Crippen molar-refractivity contribution < 1.29 is 14.1 Å². The molecule has 0 atom stereocenters. The molecule has 0 aliphatic carbocycles. The minimum absolute atomic E-state index is 0.132. The summed E-state index contributed by atoms with van der Waals surface area (Å²) in [6, 6.07) is 11.1. The number of nitrogens with two attached hydrogens (primary N) is 1. The van der Waals surface area contributed by atoms with E-state index in [1.807, 2.05) is 49.6 Å². The number of aryl methyl sites for hydroxylation is 2. The molecule has 3 rings (SSSR count). The minimum Gasteiger partial charge on any atom is -0.361 e. The number of benzene rings is 1. The maximum absolute atomic E-state index is 13.3. The van der Waals surface area contributed by atoms with Gasteiger partial charge in [-0.3, -0.25) is 9.59 Å². The van der Waals surface area contributed by atoms with Crippen molar-refractivity contribution in [1.29, 1.82) is 0 Å². The Labute approximate surface area is 186 Å². The number of thiophene rings is 1. The van der Waals surface area contributed by atoms with Crippen LogP contribution in [0.3, 0.4) is 0 Å². The predicted molar refractivity (Wildman–Crippen MR) is 122 cm³/mol. The first-order valence-electron chi connectivity index (χ1n) is 10.1. The van der Waals surface area contributed by atoms with E-state index in [0.29, 0.717) is 47.2 Å². The second kappa shape index (κ2) is 9.45. The summed E-state index contributed by atoms with van der Waals surface area (Å²) in [7, 11) is 0. The van der Waals surface area contributed by atoms with Gasteiger partial charge >= 0.3 is 0 Å². The van der Waals surface area contributed by atoms with E-state index in [9.17, 15) is 9.59 Å². The summed E-state index contributed by atoms with van der Waals surface area (Å²) in [4.78, 5) is 28.0. The molecule has 2 amide bonds. The first-order chi connectivity index (χ1) is 14.7. The Morgan fingerprint density at radius 2 is 1.90 bits per heavy atom.